The molecule has 7 nitrogen and oxygen atoms in total. The van der Waals surface area contributed by atoms with Crippen LogP contribution in [-0.2, 0) is 24.3 Å². The second-order valence-electron chi connectivity index (χ2n) is 7.52. The van der Waals surface area contributed by atoms with E-state index in [4.69, 9.17) is 4.98 Å². The molecule has 0 fully saturated rings. The minimum atomic E-state index is -0.305. The van der Waals surface area contributed by atoms with Crippen LogP contribution in [0.15, 0.2) is 42.7 Å². The number of amides is 1. The molecule has 8 heteroatoms. The Hall–Kier alpha value is -3.55. The summed E-state index contributed by atoms with van der Waals surface area (Å²) >= 11 is 0. The summed E-state index contributed by atoms with van der Waals surface area (Å²) < 4.78 is 15.5. The third-order valence-corrected chi connectivity index (χ3v) is 5.57. The molecule has 1 aliphatic rings. The number of nitrogens with one attached hydrogen (secondary N) is 1. The number of benzene rings is 1. The van der Waals surface area contributed by atoms with E-state index in [1.165, 1.54) is 12.1 Å². The Bertz CT molecular complexity index is 1230. The van der Waals surface area contributed by atoms with Gasteiger partial charge in [-0.1, -0.05) is 0 Å². The predicted molar refractivity (Wildman–Crippen MR) is 110 cm³/mol. The Balaban J connectivity index is 1.28. The smallest absolute Gasteiger partial charge is 0.223 e. The number of imidazole rings is 2. The molecule has 0 radical (unpaired) electrons. The lowest BCUT2D eigenvalue weighted by atomic mass is 10.2. The number of aryl methyl sites for hydroxylation is 2. The summed E-state index contributed by atoms with van der Waals surface area (Å²) in [6.07, 6.45) is 4.37. The summed E-state index contributed by atoms with van der Waals surface area (Å²) in [5.41, 5.74) is 4.40. The van der Waals surface area contributed by atoms with Gasteiger partial charge in [0.2, 0.25) is 5.91 Å². The number of pyridine rings is 1. The van der Waals surface area contributed by atoms with E-state index in [1.54, 1.807) is 18.5 Å². The number of halogens is 1. The van der Waals surface area contributed by atoms with Crippen LogP contribution in [0.5, 0.6) is 0 Å². The number of hydrogen-bond donors (Lipinski definition) is 1. The highest BCUT2D eigenvalue weighted by Gasteiger charge is 2.25. The monoisotopic (exact) mass is 404 g/mol. The maximum atomic E-state index is 13.3. The largest absolute Gasteiger partial charge is 0.342 e. The van der Waals surface area contributed by atoms with Crippen molar-refractivity contribution >= 4 is 16.9 Å². The van der Waals surface area contributed by atoms with E-state index in [9.17, 15) is 9.18 Å². The minimum Gasteiger partial charge on any atom is -0.342 e. The molecule has 4 aromatic rings. The van der Waals surface area contributed by atoms with E-state index in [0.717, 1.165) is 22.8 Å². The summed E-state index contributed by atoms with van der Waals surface area (Å²) in [6, 6.07) is 8.35. The van der Waals surface area contributed by atoms with Crippen LogP contribution in [0.1, 0.15) is 23.6 Å². The fourth-order valence-corrected chi connectivity index (χ4v) is 4.00. The van der Waals surface area contributed by atoms with Gasteiger partial charge >= 0.3 is 0 Å². The molecule has 4 heterocycles. The topological polar surface area (TPSA) is 79.7 Å². The van der Waals surface area contributed by atoms with E-state index in [0.29, 0.717) is 49.3 Å². The Labute approximate surface area is 172 Å². The van der Waals surface area contributed by atoms with E-state index < -0.39 is 0 Å². The molecule has 0 unspecified atom stereocenters. The highest BCUT2D eigenvalue weighted by Crippen LogP contribution is 2.26. The highest BCUT2D eigenvalue weighted by atomic mass is 19.1. The second kappa shape index (κ2) is 7.37. The van der Waals surface area contributed by atoms with Gasteiger partial charge in [-0.05, 0) is 37.3 Å². The molecule has 1 N–H and O–H groups in total. The maximum absolute atomic E-state index is 13.3. The maximum Gasteiger partial charge on any atom is 0.223 e. The lowest BCUT2D eigenvalue weighted by Gasteiger charge is -2.29. The zero-order valence-corrected chi connectivity index (χ0v) is 16.6. The van der Waals surface area contributed by atoms with Crippen molar-refractivity contribution in [2.45, 2.75) is 32.9 Å². The first-order valence-electron chi connectivity index (χ1n) is 9.97. The average Bonchev–Trinajstić information content (AvgIpc) is 3.32. The number of carbonyl (C=O) groups excluding carboxylic acids is 1. The van der Waals surface area contributed by atoms with Crippen LogP contribution in [-0.4, -0.2) is 41.9 Å². The molecular weight excluding hydrogens is 383 g/mol. The first kappa shape index (κ1) is 18.5. The molecule has 0 atom stereocenters. The van der Waals surface area contributed by atoms with Gasteiger partial charge in [0, 0.05) is 43.9 Å². The number of aromatic amines is 1. The SMILES string of the molecule is Cc1nc(-c2ccncc2)n2c1CN(C(=O)CCc1nc3ccc(F)cc3[nH]1)CC2. The molecule has 152 valence electrons. The van der Waals surface area contributed by atoms with E-state index >= 15 is 0 Å². The fourth-order valence-electron chi connectivity index (χ4n) is 4.00. The van der Waals surface area contributed by atoms with Crippen LogP contribution in [0.3, 0.4) is 0 Å². The van der Waals surface area contributed by atoms with Gasteiger partial charge in [0.05, 0.1) is 29.0 Å². The summed E-state index contributed by atoms with van der Waals surface area (Å²) in [7, 11) is 0. The van der Waals surface area contributed by atoms with Gasteiger partial charge in [0.15, 0.2) is 0 Å². The van der Waals surface area contributed by atoms with Crippen molar-refractivity contribution in [2.24, 2.45) is 0 Å². The quantitative estimate of drug-likeness (QED) is 0.566. The first-order chi connectivity index (χ1) is 14.6. The Morgan fingerprint density at radius 3 is 2.83 bits per heavy atom. The van der Waals surface area contributed by atoms with Crippen LogP contribution in [0, 0.1) is 12.7 Å². The number of H-pyrrole nitrogens is 1. The van der Waals surface area contributed by atoms with Crippen LogP contribution in [0.25, 0.3) is 22.4 Å². The number of hydrogen-bond acceptors (Lipinski definition) is 4. The van der Waals surface area contributed by atoms with E-state index in [-0.39, 0.29) is 11.7 Å². The number of nitrogens with zero attached hydrogens (tertiary/aromatic N) is 5. The van der Waals surface area contributed by atoms with Crippen molar-refractivity contribution in [3.05, 3.63) is 65.8 Å². The average molecular weight is 404 g/mol. The molecule has 0 aliphatic carbocycles. The summed E-state index contributed by atoms with van der Waals surface area (Å²) in [4.78, 5) is 31.1. The van der Waals surface area contributed by atoms with Gasteiger partial charge in [-0.15, -0.1) is 0 Å². The number of carbonyl (C=O) groups is 1. The van der Waals surface area contributed by atoms with Gasteiger partial charge in [0.1, 0.15) is 17.5 Å². The molecule has 0 saturated heterocycles. The van der Waals surface area contributed by atoms with Crippen molar-refractivity contribution in [3.63, 3.8) is 0 Å². The van der Waals surface area contributed by atoms with Crippen molar-refractivity contribution in [1.82, 2.24) is 29.4 Å². The van der Waals surface area contributed by atoms with E-state index in [2.05, 4.69) is 19.5 Å². The van der Waals surface area contributed by atoms with Crippen molar-refractivity contribution in [3.8, 4) is 11.4 Å². The molecule has 1 amide bonds. The zero-order chi connectivity index (χ0) is 20.7. The lowest BCUT2D eigenvalue weighted by molar-refractivity contribution is -0.132. The van der Waals surface area contributed by atoms with Crippen LogP contribution in [0.2, 0.25) is 0 Å². The zero-order valence-electron chi connectivity index (χ0n) is 16.6. The third-order valence-electron chi connectivity index (χ3n) is 5.57. The summed E-state index contributed by atoms with van der Waals surface area (Å²) in [6.45, 7) is 3.89. The predicted octanol–water partition coefficient (Wildman–Crippen LogP) is 3.24. The molecule has 1 aliphatic heterocycles. The Morgan fingerprint density at radius 1 is 1.17 bits per heavy atom. The molecule has 5 rings (SSSR count). The molecule has 3 aromatic heterocycles. The van der Waals surface area contributed by atoms with E-state index in [1.807, 2.05) is 24.0 Å². The number of fused-ring (bicyclic) bond motifs is 2. The van der Waals surface area contributed by atoms with Gasteiger partial charge in [-0.25, -0.2) is 14.4 Å². The third kappa shape index (κ3) is 3.34. The Morgan fingerprint density at radius 2 is 2.00 bits per heavy atom. The lowest BCUT2D eigenvalue weighted by Crippen LogP contribution is -2.38. The van der Waals surface area contributed by atoms with Gasteiger partial charge in [-0.2, -0.15) is 0 Å². The van der Waals surface area contributed by atoms with Crippen LogP contribution < -0.4 is 0 Å². The summed E-state index contributed by atoms with van der Waals surface area (Å²) in [5, 5.41) is 0. The van der Waals surface area contributed by atoms with Crippen LogP contribution >= 0.6 is 0 Å². The number of aromatic nitrogens is 5. The fraction of sp³-hybridized carbons (Fsp3) is 0.273. The molecular formula is C22H21FN6O. The van der Waals surface area contributed by atoms with Gasteiger partial charge in [0.25, 0.3) is 0 Å². The standard InChI is InChI=1S/C22H21FN6O/c1-14-19-13-28(10-11-29(19)22(25-14)15-6-8-24-9-7-15)21(30)5-4-20-26-17-3-2-16(23)12-18(17)27-20/h2-3,6-9,12H,4-5,10-11,13H2,1H3,(H,26,27). The number of rotatable bonds is 4. The van der Waals surface area contributed by atoms with Crippen LogP contribution in [0.4, 0.5) is 4.39 Å². The molecule has 0 bridgehead atoms. The van der Waals surface area contributed by atoms with Crippen molar-refractivity contribution in [2.75, 3.05) is 6.54 Å². The first-order valence-corrected chi connectivity index (χ1v) is 9.97. The molecule has 0 spiro atoms. The van der Waals surface area contributed by atoms with Crippen molar-refractivity contribution in [1.29, 1.82) is 0 Å². The minimum absolute atomic E-state index is 0.0824. The summed E-state index contributed by atoms with van der Waals surface area (Å²) in [5.74, 6) is 1.40. The van der Waals surface area contributed by atoms with Gasteiger partial charge in [-0.3, -0.25) is 9.78 Å². The highest BCUT2D eigenvalue weighted by molar-refractivity contribution is 5.77. The normalized spacial score (nSPS) is 13.6. The van der Waals surface area contributed by atoms with Gasteiger partial charge < -0.3 is 14.5 Å². The second-order valence-corrected chi connectivity index (χ2v) is 7.52. The molecule has 1 aromatic carbocycles. The molecule has 0 saturated carbocycles. The Kier molecular flexibility index (Phi) is 4.54. The van der Waals surface area contributed by atoms with Crippen molar-refractivity contribution < 1.29 is 9.18 Å². The molecule has 30 heavy (non-hydrogen) atoms.